The number of methoxy groups -OCH3 is 1. The van der Waals surface area contributed by atoms with Crippen LogP contribution in [0.15, 0.2) is 24.3 Å². The van der Waals surface area contributed by atoms with Crippen molar-refractivity contribution in [1.29, 1.82) is 0 Å². The number of carbonyl (C=O) groups excluding carboxylic acids is 1. The zero-order chi connectivity index (χ0) is 18.3. The van der Waals surface area contributed by atoms with E-state index in [1.54, 1.807) is 24.3 Å². The van der Waals surface area contributed by atoms with Crippen LogP contribution in [0.5, 0.6) is 5.75 Å². The van der Waals surface area contributed by atoms with E-state index in [1.807, 2.05) is 0 Å². The van der Waals surface area contributed by atoms with Crippen LogP contribution in [0, 0.1) is 0 Å². The normalized spacial score (nSPS) is 16.6. The van der Waals surface area contributed by atoms with Crippen molar-refractivity contribution in [2.45, 2.75) is 51.0 Å². The molecule has 2 rings (SSSR count). The molecule has 0 radical (unpaired) electrons. The summed E-state index contributed by atoms with van der Waals surface area (Å²) in [5.41, 5.74) is 0.426. The first-order valence-corrected chi connectivity index (χ1v) is 10.7. The quantitative estimate of drug-likeness (QED) is 0.838. The number of anilines is 1. The fourth-order valence-electron chi connectivity index (χ4n) is 3.17. The molecule has 1 saturated carbocycles. The highest BCUT2D eigenvalue weighted by molar-refractivity contribution is 7.92. The van der Waals surface area contributed by atoms with E-state index in [2.05, 4.69) is 5.32 Å². The highest BCUT2D eigenvalue weighted by Crippen LogP contribution is 2.23. The summed E-state index contributed by atoms with van der Waals surface area (Å²) in [6.07, 6.45) is 8.91. The van der Waals surface area contributed by atoms with Gasteiger partial charge in [-0.15, -0.1) is 0 Å². The molecule has 0 aromatic heterocycles. The van der Waals surface area contributed by atoms with Gasteiger partial charge in [0.1, 0.15) is 12.3 Å². The average molecular weight is 368 g/mol. The molecular formula is C18H28N2O4S. The lowest BCUT2D eigenvalue weighted by Crippen LogP contribution is -2.44. The number of nitrogens with one attached hydrogen (secondary N) is 1. The van der Waals surface area contributed by atoms with E-state index in [1.165, 1.54) is 26.4 Å². The minimum absolute atomic E-state index is 0.138. The maximum Gasteiger partial charge on any atom is 0.240 e. The molecule has 0 bridgehead atoms. The second kappa shape index (κ2) is 9.08. The lowest BCUT2D eigenvalue weighted by atomic mass is 9.97. The molecule has 0 unspecified atom stereocenters. The largest absolute Gasteiger partial charge is 0.497 e. The molecular weight excluding hydrogens is 340 g/mol. The summed E-state index contributed by atoms with van der Waals surface area (Å²) in [7, 11) is -2.06. The van der Waals surface area contributed by atoms with E-state index in [0.29, 0.717) is 11.4 Å². The first kappa shape index (κ1) is 19.6. The standard InChI is InChI=1S/C18H28N2O4S/c1-24-17-12-8-11-16(13-17)20(25(2,22)23)14-18(21)19-15-9-6-4-3-5-7-10-15/h8,11-13,15H,3-7,9-10,14H2,1-2H3,(H,19,21). The maximum absolute atomic E-state index is 12.4. The predicted octanol–water partition coefficient (Wildman–Crippen LogP) is 2.69. The Bertz CT molecular complexity index is 667. The minimum Gasteiger partial charge on any atom is -0.497 e. The number of amides is 1. The Hall–Kier alpha value is -1.76. The van der Waals surface area contributed by atoms with Crippen molar-refractivity contribution in [2.75, 3.05) is 24.2 Å². The summed E-state index contributed by atoms with van der Waals surface area (Å²) in [5.74, 6) is 0.283. The van der Waals surface area contributed by atoms with E-state index in [-0.39, 0.29) is 18.5 Å². The number of sulfonamides is 1. The fourth-order valence-corrected chi connectivity index (χ4v) is 4.02. The van der Waals surface area contributed by atoms with Gasteiger partial charge in [-0.1, -0.05) is 38.2 Å². The third-order valence-corrected chi connectivity index (χ3v) is 5.64. The second-order valence-electron chi connectivity index (χ2n) is 6.58. The van der Waals surface area contributed by atoms with Gasteiger partial charge in [-0.25, -0.2) is 8.42 Å². The van der Waals surface area contributed by atoms with Crippen molar-refractivity contribution in [2.24, 2.45) is 0 Å². The number of rotatable bonds is 6. The third kappa shape index (κ3) is 6.23. The number of carbonyl (C=O) groups is 1. The van der Waals surface area contributed by atoms with Crippen LogP contribution in [0.2, 0.25) is 0 Å². The Morgan fingerprint density at radius 3 is 2.44 bits per heavy atom. The van der Waals surface area contributed by atoms with Crippen LogP contribution in [-0.4, -0.2) is 40.3 Å². The third-order valence-electron chi connectivity index (χ3n) is 4.50. The Kier molecular flexibility index (Phi) is 7.11. The maximum atomic E-state index is 12.4. The highest BCUT2D eigenvalue weighted by atomic mass is 32.2. The lowest BCUT2D eigenvalue weighted by molar-refractivity contribution is -0.120. The molecule has 0 heterocycles. The molecule has 1 aromatic carbocycles. The van der Waals surface area contributed by atoms with Gasteiger partial charge in [0.15, 0.2) is 0 Å². The van der Waals surface area contributed by atoms with Gasteiger partial charge >= 0.3 is 0 Å². The number of hydrogen-bond donors (Lipinski definition) is 1. The van der Waals surface area contributed by atoms with E-state index >= 15 is 0 Å². The summed E-state index contributed by atoms with van der Waals surface area (Å²) >= 11 is 0. The summed E-state index contributed by atoms with van der Waals surface area (Å²) in [6.45, 7) is -0.220. The van der Waals surface area contributed by atoms with Crippen LogP contribution in [0.1, 0.15) is 44.9 Å². The van der Waals surface area contributed by atoms with Gasteiger partial charge < -0.3 is 10.1 Å². The Balaban J connectivity index is 2.07. The van der Waals surface area contributed by atoms with E-state index in [0.717, 1.165) is 36.2 Å². The Morgan fingerprint density at radius 1 is 1.20 bits per heavy atom. The molecule has 0 atom stereocenters. The first-order valence-electron chi connectivity index (χ1n) is 8.81. The molecule has 1 aromatic rings. The van der Waals surface area contributed by atoms with Crippen molar-refractivity contribution in [3.8, 4) is 5.75 Å². The molecule has 6 nitrogen and oxygen atoms in total. The van der Waals surface area contributed by atoms with Gasteiger partial charge in [0, 0.05) is 12.1 Å². The molecule has 1 N–H and O–H groups in total. The average Bonchev–Trinajstić information content (AvgIpc) is 2.54. The smallest absolute Gasteiger partial charge is 0.240 e. The minimum atomic E-state index is -3.57. The summed E-state index contributed by atoms with van der Waals surface area (Å²) in [4.78, 5) is 12.4. The van der Waals surface area contributed by atoms with E-state index in [4.69, 9.17) is 4.74 Å². The molecule has 1 aliphatic carbocycles. The molecule has 7 heteroatoms. The van der Waals surface area contributed by atoms with Crippen LogP contribution < -0.4 is 14.4 Å². The van der Waals surface area contributed by atoms with Crippen molar-refractivity contribution in [3.05, 3.63) is 24.3 Å². The zero-order valence-electron chi connectivity index (χ0n) is 15.0. The Labute approximate surface area is 150 Å². The monoisotopic (exact) mass is 368 g/mol. The van der Waals surface area contributed by atoms with Gasteiger partial charge in [-0.2, -0.15) is 0 Å². The van der Waals surface area contributed by atoms with Crippen LogP contribution in [0.3, 0.4) is 0 Å². The number of ether oxygens (including phenoxy) is 1. The molecule has 1 fully saturated rings. The van der Waals surface area contributed by atoms with Gasteiger partial charge in [0.05, 0.1) is 19.1 Å². The SMILES string of the molecule is COc1cccc(N(CC(=O)NC2CCCCCCC2)S(C)(=O)=O)c1. The van der Waals surface area contributed by atoms with Crippen LogP contribution in [0.25, 0.3) is 0 Å². The first-order chi connectivity index (χ1) is 11.9. The van der Waals surface area contributed by atoms with Crippen LogP contribution >= 0.6 is 0 Å². The van der Waals surface area contributed by atoms with Crippen molar-refractivity contribution >= 4 is 21.6 Å². The topological polar surface area (TPSA) is 75.7 Å². The molecule has 25 heavy (non-hydrogen) atoms. The molecule has 140 valence electrons. The van der Waals surface area contributed by atoms with Gasteiger partial charge in [0.25, 0.3) is 0 Å². The molecule has 0 spiro atoms. The summed E-state index contributed by atoms with van der Waals surface area (Å²) in [6, 6.07) is 6.86. The second-order valence-corrected chi connectivity index (χ2v) is 8.49. The number of hydrogen-bond acceptors (Lipinski definition) is 4. The van der Waals surface area contributed by atoms with Crippen molar-refractivity contribution in [3.63, 3.8) is 0 Å². The molecule has 0 aliphatic heterocycles. The Morgan fingerprint density at radius 2 is 1.84 bits per heavy atom. The van der Waals surface area contributed by atoms with Crippen LogP contribution in [0.4, 0.5) is 5.69 Å². The molecule has 1 aliphatic rings. The van der Waals surface area contributed by atoms with Crippen molar-refractivity contribution in [1.82, 2.24) is 5.32 Å². The van der Waals surface area contributed by atoms with Crippen LogP contribution in [-0.2, 0) is 14.8 Å². The van der Waals surface area contributed by atoms with Gasteiger partial charge in [0.2, 0.25) is 15.9 Å². The predicted molar refractivity (Wildman–Crippen MR) is 99.4 cm³/mol. The van der Waals surface area contributed by atoms with Gasteiger partial charge in [-0.3, -0.25) is 9.10 Å². The highest BCUT2D eigenvalue weighted by Gasteiger charge is 2.23. The van der Waals surface area contributed by atoms with E-state index < -0.39 is 10.0 Å². The van der Waals surface area contributed by atoms with Crippen molar-refractivity contribution < 1.29 is 17.9 Å². The van der Waals surface area contributed by atoms with Gasteiger partial charge in [-0.05, 0) is 25.0 Å². The number of benzene rings is 1. The zero-order valence-corrected chi connectivity index (χ0v) is 15.8. The summed E-state index contributed by atoms with van der Waals surface area (Å²) < 4.78 is 30.6. The van der Waals surface area contributed by atoms with E-state index in [9.17, 15) is 13.2 Å². The number of nitrogens with zero attached hydrogens (tertiary/aromatic N) is 1. The summed E-state index contributed by atoms with van der Waals surface area (Å²) in [5, 5.41) is 3.01. The molecule has 0 saturated heterocycles. The molecule has 1 amide bonds. The lowest BCUT2D eigenvalue weighted by Gasteiger charge is -2.25. The fraction of sp³-hybridized carbons (Fsp3) is 0.611.